The molecular formula is C15H20N4O2. The van der Waals surface area contributed by atoms with E-state index in [4.69, 9.17) is 10.5 Å². The molecule has 2 N–H and O–H groups in total. The molecule has 0 aliphatic carbocycles. The van der Waals surface area contributed by atoms with Crippen LogP contribution in [-0.4, -0.2) is 36.5 Å². The van der Waals surface area contributed by atoms with Gasteiger partial charge in [-0.15, -0.1) is 5.10 Å². The topological polar surface area (TPSA) is 73.4 Å². The van der Waals surface area contributed by atoms with Crippen molar-refractivity contribution < 1.29 is 9.53 Å². The molecule has 0 aliphatic heterocycles. The van der Waals surface area contributed by atoms with Crippen molar-refractivity contribution in [1.82, 2.24) is 9.78 Å². The van der Waals surface area contributed by atoms with Gasteiger partial charge in [-0.1, -0.05) is 18.2 Å². The first-order valence-electron chi connectivity index (χ1n) is 6.75. The summed E-state index contributed by atoms with van der Waals surface area (Å²) in [5, 5.41) is 4.50. The largest absolute Gasteiger partial charge is 0.465 e. The number of para-hydroxylation sites is 1. The number of rotatable bonds is 4. The number of ether oxygens (including phenoxy) is 1. The van der Waals surface area contributed by atoms with Gasteiger partial charge in [-0.05, 0) is 25.5 Å². The zero-order valence-electron chi connectivity index (χ0n) is 12.8. The molecular weight excluding hydrogens is 268 g/mol. The van der Waals surface area contributed by atoms with E-state index in [1.165, 1.54) is 7.11 Å². The predicted octanol–water partition coefficient (Wildman–Crippen LogP) is 2.01. The van der Waals surface area contributed by atoms with Gasteiger partial charge in [0.25, 0.3) is 0 Å². The second kappa shape index (κ2) is 5.87. The number of hydrogen-bond donors (Lipinski definition) is 1. The smallest absolute Gasteiger partial charge is 0.345 e. The van der Waals surface area contributed by atoms with Crippen molar-refractivity contribution in [2.75, 3.05) is 31.3 Å². The fraction of sp³-hybridized carbons (Fsp3) is 0.333. The third-order valence-corrected chi connectivity index (χ3v) is 3.47. The molecule has 0 bridgehead atoms. The molecule has 0 saturated heterocycles. The minimum absolute atomic E-state index is 0.284. The van der Waals surface area contributed by atoms with Gasteiger partial charge in [0.15, 0.2) is 5.82 Å². The minimum Gasteiger partial charge on any atom is -0.465 e. The summed E-state index contributed by atoms with van der Waals surface area (Å²) in [7, 11) is 3.19. The maximum atomic E-state index is 12.0. The first-order chi connectivity index (χ1) is 10.0. The van der Waals surface area contributed by atoms with Crippen LogP contribution in [0.2, 0.25) is 0 Å². The molecule has 0 spiro atoms. The van der Waals surface area contributed by atoms with Crippen LogP contribution in [0.4, 0.5) is 11.6 Å². The van der Waals surface area contributed by atoms with Crippen molar-refractivity contribution in [3.05, 3.63) is 35.4 Å². The van der Waals surface area contributed by atoms with Gasteiger partial charge in [-0.25, -0.2) is 9.48 Å². The van der Waals surface area contributed by atoms with Gasteiger partial charge in [-0.3, -0.25) is 0 Å². The molecule has 6 nitrogen and oxygen atoms in total. The van der Waals surface area contributed by atoms with Crippen molar-refractivity contribution in [3.63, 3.8) is 0 Å². The Morgan fingerprint density at radius 1 is 1.43 bits per heavy atom. The van der Waals surface area contributed by atoms with Gasteiger partial charge in [0, 0.05) is 13.6 Å². The number of nitrogen functional groups attached to an aromatic ring is 1. The molecule has 1 aromatic heterocycles. The van der Waals surface area contributed by atoms with Crippen LogP contribution in [-0.2, 0) is 4.74 Å². The van der Waals surface area contributed by atoms with Crippen LogP contribution in [0.15, 0.2) is 24.3 Å². The van der Waals surface area contributed by atoms with Crippen molar-refractivity contribution in [2.45, 2.75) is 13.8 Å². The molecule has 0 amide bonds. The molecule has 2 rings (SSSR count). The first-order valence-corrected chi connectivity index (χ1v) is 6.75. The number of esters is 1. The molecule has 0 saturated carbocycles. The van der Waals surface area contributed by atoms with E-state index >= 15 is 0 Å². The van der Waals surface area contributed by atoms with E-state index in [2.05, 4.69) is 5.10 Å². The fourth-order valence-electron chi connectivity index (χ4n) is 2.12. The van der Waals surface area contributed by atoms with Crippen LogP contribution >= 0.6 is 0 Å². The lowest BCUT2D eigenvalue weighted by Gasteiger charge is -2.14. The number of carbonyl (C=O) groups is 1. The Morgan fingerprint density at radius 3 is 2.67 bits per heavy atom. The van der Waals surface area contributed by atoms with E-state index in [-0.39, 0.29) is 5.82 Å². The van der Waals surface area contributed by atoms with Crippen LogP contribution in [0.3, 0.4) is 0 Å². The number of nitrogens with two attached hydrogens (primary N) is 1. The average molecular weight is 288 g/mol. The maximum absolute atomic E-state index is 12.0. The molecule has 1 aromatic carbocycles. The molecule has 6 heteroatoms. The SMILES string of the molecule is CCN(C)c1nn(-c2ccccc2C)c(N)c1C(=O)OC. The van der Waals surface area contributed by atoms with Crippen LogP contribution in [0.5, 0.6) is 0 Å². The molecule has 1 heterocycles. The zero-order valence-corrected chi connectivity index (χ0v) is 12.8. The van der Waals surface area contributed by atoms with E-state index < -0.39 is 5.97 Å². The Bertz CT molecular complexity index is 664. The highest BCUT2D eigenvalue weighted by atomic mass is 16.5. The van der Waals surface area contributed by atoms with Gasteiger partial charge in [0.2, 0.25) is 0 Å². The maximum Gasteiger partial charge on any atom is 0.345 e. The van der Waals surface area contributed by atoms with Crippen LogP contribution in [0.1, 0.15) is 22.8 Å². The average Bonchev–Trinajstić information content (AvgIpc) is 2.83. The summed E-state index contributed by atoms with van der Waals surface area (Å²) < 4.78 is 6.42. The Kier molecular flexibility index (Phi) is 4.16. The molecule has 0 aliphatic rings. The molecule has 112 valence electrons. The van der Waals surface area contributed by atoms with Crippen LogP contribution in [0.25, 0.3) is 5.69 Å². The van der Waals surface area contributed by atoms with Gasteiger partial charge in [0.1, 0.15) is 11.4 Å². The van der Waals surface area contributed by atoms with E-state index in [0.29, 0.717) is 17.9 Å². The standard InChI is InChI=1S/C15H20N4O2/c1-5-18(3)14-12(15(20)21-4)13(16)19(17-14)11-9-7-6-8-10(11)2/h6-9H,5,16H2,1-4H3. The Hall–Kier alpha value is -2.50. The second-order valence-electron chi connectivity index (χ2n) is 4.79. The van der Waals surface area contributed by atoms with Crippen LogP contribution < -0.4 is 10.6 Å². The zero-order chi connectivity index (χ0) is 15.6. The van der Waals surface area contributed by atoms with E-state index in [1.54, 1.807) is 4.68 Å². The molecule has 0 atom stereocenters. The third kappa shape index (κ3) is 2.56. The summed E-state index contributed by atoms with van der Waals surface area (Å²) in [6.45, 7) is 4.65. The molecule has 0 fully saturated rings. The Balaban J connectivity index is 2.67. The summed E-state index contributed by atoms with van der Waals surface area (Å²) in [4.78, 5) is 13.9. The highest BCUT2D eigenvalue weighted by molar-refractivity contribution is 6.00. The lowest BCUT2D eigenvalue weighted by atomic mass is 10.2. The summed E-state index contributed by atoms with van der Waals surface area (Å²) in [6, 6.07) is 7.73. The first kappa shape index (κ1) is 14.9. The lowest BCUT2D eigenvalue weighted by Crippen LogP contribution is -2.19. The summed E-state index contributed by atoms with van der Waals surface area (Å²) >= 11 is 0. The van der Waals surface area contributed by atoms with Gasteiger partial charge in [0.05, 0.1) is 12.8 Å². The monoisotopic (exact) mass is 288 g/mol. The number of aryl methyl sites for hydroxylation is 1. The van der Waals surface area contributed by atoms with E-state index in [1.807, 2.05) is 50.1 Å². The number of hydrogen-bond acceptors (Lipinski definition) is 5. The highest BCUT2D eigenvalue weighted by Crippen LogP contribution is 2.28. The van der Waals surface area contributed by atoms with Crippen molar-refractivity contribution in [3.8, 4) is 5.69 Å². The Labute approximate surface area is 124 Å². The minimum atomic E-state index is -0.484. The normalized spacial score (nSPS) is 10.5. The molecule has 21 heavy (non-hydrogen) atoms. The quantitative estimate of drug-likeness (QED) is 0.871. The number of nitrogens with zero attached hydrogens (tertiary/aromatic N) is 3. The highest BCUT2D eigenvalue weighted by Gasteiger charge is 2.25. The Morgan fingerprint density at radius 2 is 2.10 bits per heavy atom. The number of anilines is 2. The van der Waals surface area contributed by atoms with E-state index in [9.17, 15) is 4.79 Å². The number of benzene rings is 1. The van der Waals surface area contributed by atoms with Gasteiger partial charge in [-0.2, -0.15) is 0 Å². The van der Waals surface area contributed by atoms with Crippen LogP contribution in [0, 0.1) is 6.92 Å². The van der Waals surface area contributed by atoms with Crippen molar-refractivity contribution in [1.29, 1.82) is 0 Å². The summed E-state index contributed by atoms with van der Waals surface area (Å²) in [5.74, 6) is 0.319. The lowest BCUT2D eigenvalue weighted by molar-refractivity contribution is 0.0602. The van der Waals surface area contributed by atoms with Gasteiger partial charge >= 0.3 is 5.97 Å². The third-order valence-electron chi connectivity index (χ3n) is 3.47. The van der Waals surface area contributed by atoms with Crippen molar-refractivity contribution >= 4 is 17.6 Å². The number of aromatic nitrogens is 2. The molecule has 0 unspecified atom stereocenters. The number of carbonyl (C=O) groups excluding carboxylic acids is 1. The van der Waals surface area contributed by atoms with E-state index in [0.717, 1.165) is 11.3 Å². The predicted molar refractivity (Wildman–Crippen MR) is 83.0 cm³/mol. The summed E-state index contributed by atoms with van der Waals surface area (Å²) in [5.41, 5.74) is 8.31. The van der Waals surface area contributed by atoms with Crippen molar-refractivity contribution in [2.24, 2.45) is 0 Å². The molecule has 2 aromatic rings. The van der Waals surface area contributed by atoms with Gasteiger partial charge < -0.3 is 15.4 Å². The molecule has 0 radical (unpaired) electrons. The second-order valence-corrected chi connectivity index (χ2v) is 4.79. The number of methoxy groups -OCH3 is 1. The summed E-state index contributed by atoms with van der Waals surface area (Å²) in [6.07, 6.45) is 0. The fourth-order valence-corrected chi connectivity index (χ4v) is 2.12.